The first-order valence-electron chi connectivity index (χ1n) is 5.62. The van der Waals surface area contributed by atoms with Crippen molar-refractivity contribution in [2.75, 3.05) is 17.2 Å². The predicted molar refractivity (Wildman–Crippen MR) is 81.3 cm³/mol. The fourth-order valence-electron chi connectivity index (χ4n) is 1.41. The average Bonchev–Trinajstić information content (AvgIpc) is 2.30. The minimum Gasteiger partial charge on any atom is -0.398 e. The van der Waals surface area contributed by atoms with E-state index in [1.807, 2.05) is 6.92 Å². The minimum absolute atomic E-state index is 0.178. The van der Waals surface area contributed by atoms with Crippen molar-refractivity contribution < 1.29 is 12.8 Å². The molecule has 4 nitrogen and oxygen atoms in total. The van der Waals surface area contributed by atoms with Crippen LogP contribution in [0.5, 0.6) is 0 Å². The number of anilines is 1. The molecule has 0 heterocycles. The Hall–Kier alpha value is -0.310. The molecule has 108 valence electrons. The summed E-state index contributed by atoms with van der Waals surface area (Å²) < 4.78 is 40.6. The summed E-state index contributed by atoms with van der Waals surface area (Å²) in [6.07, 6.45) is 0. The Morgan fingerprint density at radius 2 is 2.16 bits per heavy atom. The Bertz CT molecular complexity index is 552. The summed E-state index contributed by atoms with van der Waals surface area (Å²) in [5.74, 6) is 0.693. The molecule has 0 saturated heterocycles. The molecule has 0 spiro atoms. The molecule has 0 aromatic heterocycles. The van der Waals surface area contributed by atoms with Crippen molar-refractivity contribution in [2.24, 2.45) is 0 Å². The van der Waals surface area contributed by atoms with Crippen LogP contribution in [0.4, 0.5) is 10.1 Å². The molecule has 1 rings (SSSR count). The summed E-state index contributed by atoms with van der Waals surface area (Å²) in [4.78, 5) is -0.429. The predicted octanol–water partition coefficient (Wildman–Crippen LogP) is 2.59. The number of nitrogens with two attached hydrogens (primary N) is 1. The van der Waals surface area contributed by atoms with Gasteiger partial charge in [0.05, 0.1) is 0 Å². The van der Waals surface area contributed by atoms with Crippen molar-refractivity contribution in [3.63, 3.8) is 0 Å². The zero-order valence-electron chi connectivity index (χ0n) is 10.6. The van der Waals surface area contributed by atoms with E-state index in [4.69, 9.17) is 5.73 Å². The van der Waals surface area contributed by atoms with E-state index in [0.717, 1.165) is 17.9 Å². The third-order valence-electron chi connectivity index (χ3n) is 2.27. The summed E-state index contributed by atoms with van der Waals surface area (Å²) in [6.45, 7) is 3.72. The fourth-order valence-corrected chi connectivity index (χ4v) is 3.84. The highest BCUT2D eigenvalue weighted by atomic mass is 79.9. The minimum atomic E-state index is -3.90. The molecule has 0 amide bonds. The van der Waals surface area contributed by atoms with E-state index in [-0.39, 0.29) is 11.7 Å². The maximum absolute atomic E-state index is 13.7. The first-order chi connectivity index (χ1) is 8.77. The Labute approximate surface area is 125 Å². The highest BCUT2D eigenvalue weighted by Gasteiger charge is 2.22. The van der Waals surface area contributed by atoms with Crippen molar-refractivity contribution >= 4 is 43.4 Å². The van der Waals surface area contributed by atoms with Crippen LogP contribution in [0, 0.1) is 5.82 Å². The maximum atomic E-state index is 13.7. The molecule has 0 bridgehead atoms. The Morgan fingerprint density at radius 1 is 1.53 bits per heavy atom. The highest BCUT2D eigenvalue weighted by molar-refractivity contribution is 9.10. The van der Waals surface area contributed by atoms with Crippen LogP contribution in [0.1, 0.15) is 13.8 Å². The van der Waals surface area contributed by atoms with Gasteiger partial charge in [-0.3, -0.25) is 0 Å². The fraction of sp³-hybridized carbons (Fsp3) is 0.455. The quantitative estimate of drug-likeness (QED) is 0.754. The lowest BCUT2D eigenvalue weighted by atomic mass is 10.3. The Morgan fingerprint density at radius 3 is 2.74 bits per heavy atom. The van der Waals surface area contributed by atoms with E-state index in [0.29, 0.717) is 10.2 Å². The molecular weight excluding hydrogens is 355 g/mol. The number of nitrogens with one attached hydrogen (secondary N) is 1. The largest absolute Gasteiger partial charge is 0.398 e. The standard InChI is InChI=1S/C11H16BrFN2O2S2/c1-3-18-6-7(2)15-19(16,17)11-5-10(14)8(12)4-9(11)13/h4-5,7,15H,3,6,14H2,1-2H3. The van der Waals surface area contributed by atoms with Gasteiger partial charge >= 0.3 is 0 Å². The molecule has 0 fully saturated rings. The second-order valence-electron chi connectivity index (χ2n) is 3.99. The van der Waals surface area contributed by atoms with Gasteiger partial charge < -0.3 is 5.73 Å². The number of sulfonamides is 1. The first-order valence-corrected chi connectivity index (χ1v) is 9.05. The van der Waals surface area contributed by atoms with E-state index >= 15 is 0 Å². The lowest BCUT2D eigenvalue weighted by Gasteiger charge is -2.14. The van der Waals surface area contributed by atoms with Crippen LogP contribution >= 0.6 is 27.7 Å². The van der Waals surface area contributed by atoms with Crippen LogP contribution in [0.15, 0.2) is 21.5 Å². The van der Waals surface area contributed by atoms with E-state index in [9.17, 15) is 12.8 Å². The van der Waals surface area contributed by atoms with Crippen LogP contribution in [0.25, 0.3) is 0 Å². The van der Waals surface area contributed by atoms with Gasteiger partial charge in [0.25, 0.3) is 0 Å². The zero-order valence-corrected chi connectivity index (χ0v) is 13.8. The lowest BCUT2D eigenvalue weighted by Crippen LogP contribution is -2.34. The number of hydrogen-bond acceptors (Lipinski definition) is 4. The van der Waals surface area contributed by atoms with Gasteiger partial charge in [-0.1, -0.05) is 6.92 Å². The summed E-state index contributed by atoms with van der Waals surface area (Å²) >= 11 is 4.66. The van der Waals surface area contributed by atoms with Crippen LogP contribution in [0.3, 0.4) is 0 Å². The lowest BCUT2D eigenvalue weighted by molar-refractivity contribution is 0.549. The van der Waals surface area contributed by atoms with Crippen molar-refractivity contribution in [1.29, 1.82) is 0 Å². The topological polar surface area (TPSA) is 72.2 Å². The molecule has 1 aromatic rings. The van der Waals surface area contributed by atoms with Crippen molar-refractivity contribution in [2.45, 2.75) is 24.8 Å². The number of thioether (sulfide) groups is 1. The van der Waals surface area contributed by atoms with Gasteiger partial charge in [0.2, 0.25) is 10.0 Å². The number of halogens is 2. The van der Waals surface area contributed by atoms with Gasteiger partial charge in [0.15, 0.2) is 0 Å². The normalized spacial score (nSPS) is 13.5. The molecule has 1 unspecified atom stereocenters. The third-order valence-corrected chi connectivity index (χ3v) is 5.70. The van der Waals surface area contributed by atoms with Gasteiger partial charge in [-0.25, -0.2) is 17.5 Å². The molecule has 19 heavy (non-hydrogen) atoms. The van der Waals surface area contributed by atoms with Crippen LogP contribution in [-0.4, -0.2) is 26.0 Å². The third kappa shape index (κ3) is 4.62. The molecule has 0 radical (unpaired) electrons. The van der Waals surface area contributed by atoms with Crippen molar-refractivity contribution in [3.8, 4) is 0 Å². The first kappa shape index (κ1) is 16.7. The maximum Gasteiger partial charge on any atom is 0.243 e. The van der Waals surface area contributed by atoms with Crippen LogP contribution in [0.2, 0.25) is 0 Å². The van der Waals surface area contributed by atoms with Gasteiger partial charge in [0, 0.05) is 22.0 Å². The summed E-state index contributed by atoms with van der Waals surface area (Å²) in [6, 6.07) is 1.88. The van der Waals surface area contributed by atoms with Crippen LogP contribution in [-0.2, 0) is 10.0 Å². The molecule has 0 aliphatic carbocycles. The number of benzene rings is 1. The molecular formula is C11H16BrFN2O2S2. The smallest absolute Gasteiger partial charge is 0.243 e. The molecule has 1 atom stereocenters. The number of rotatable bonds is 6. The molecule has 0 saturated carbocycles. The van der Waals surface area contributed by atoms with Crippen LogP contribution < -0.4 is 10.5 Å². The Kier molecular flexibility index (Phi) is 6.10. The van der Waals surface area contributed by atoms with Gasteiger partial charge in [-0.2, -0.15) is 11.8 Å². The second-order valence-corrected chi connectivity index (χ2v) is 7.84. The Balaban J connectivity index is 2.98. The van der Waals surface area contributed by atoms with E-state index < -0.39 is 20.7 Å². The summed E-state index contributed by atoms with van der Waals surface area (Å²) in [7, 11) is -3.90. The number of nitrogen functional groups attached to an aromatic ring is 1. The SMILES string of the molecule is CCSCC(C)NS(=O)(=O)c1cc(N)c(Br)cc1F. The average molecular weight is 371 g/mol. The molecule has 0 aliphatic rings. The molecule has 8 heteroatoms. The molecule has 1 aromatic carbocycles. The van der Waals surface area contributed by atoms with E-state index in [1.165, 1.54) is 0 Å². The van der Waals surface area contributed by atoms with Gasteiger partial charge in [-0.15, -0.1) is 0 Å². The number of hydrogen-bond donors (Lipinski definition) is 2. The highest BCUT2D eigenvalue weighted by Crippen LogP contribution is 2.26. The van der Waals surface area contributed by atoms with E-state index in [1.54, 1.807) is 18.7 Å². The molecule has 3 N–H and O–H groups in total. The summed E-state index contributed by atoms with van der Waals surface area (Å²) in [5.41, 5.74) is 5.77. The molecule has 0 aliphatic heterocycles. The van der Waals surface area contributed by atoms with E-state index in [2.05, 4.69) is 20.7 Å². The second kappa shape index (κ2) is 6.92. The van der Waals surface area contributed by atoms with Gasteiger partial charge in [-0.05, 0) is 40.7 Å². The van der Waals surface area contributed by atoms with Crippen molar-refractivity contribution in [3.05, 3.63) is 22.4 Å². The van der Waals surface area contributed by atoms with Gasteiger partial charge in [0.1, 0.15) is 10.7 Å². The zero-order chi connectivity index (χ0) is 14.6. The van der Waals surface area contributed by atoms with Crippen molar-refractivity contribution in [1.82, 2.24) is 4.72 Å². The summed E-state index contributed by atoms with van der Waals surface area (Å²) in [5, 5.41) is 0. The monoisotopic (exact) mass is 370 g/mol.